The van der Waals surface area contributed by atoms with Crippen molar-refractivity contribution in [2.24, 2.45) is 0 Å². The normalized spacial score (nSPS) is 12.0. The first-order chi connectivity index (χ1) is 8.54. The lowest BCUT2D eigenvalue weighted by Crippen LogP contribution is -2.39. The van der Waals surface area contributed by atoms with Gasteiger partial charge in [0.1, 0.15) is 5.82 Å². The summed E-state index contributed by atoms with van der Waals surface area (Å²) in [6, 6.07) is 4.24. The molecule has 1 aromatic carbocycles. The van der Waals surface area contributed by atoms with Crippen LogP contribution in [0.5, 0.6) is 0 Å². The Labute approximate surface area is 110 Å². The van der Waals surface area contributed by atoms with Gasteiger partial charge < -0.3 is 15.4 Å². The minimum absolute atomic E-state index is 0.0469. The van der Waals surface area contributed by atoms with Gasteiger partial charge in [-0.15, -0.1) is 0 Å². The van der Waals surface area contributed by atoms with Gasteiger partial charge in [0.05, 0.1) is 23.9 Å². The van der Waals surface area contributed by atoms with Crippen molar-refractivity contribution in [3.05, 3.63) is 29.0 Å². The van der Waals surface area contributed by atoms with Crippen molar-refractivity contribution in [2.75, 3.05) is 25.6 Å². The minimum atomic E-state index is -0.486. The SMILES string of the molecule is COCC(C)NC(=O)CNc1c(F)cccc1Cl. The number of anilines is 1. The summed E-state index contributed by atoms with van der Waals surface area (Å²) in [5.41, 5.74) is 0.133. The largest absolute Gasteiger partial charge is 0.383 e. The van der Waals surface area contributed by atoms with Gasteiger partial charge in [-0.1, -0.05) is 17.7 Å². The molecule has 0 radical (unpaired) electrons. The average molecular weight is 275 g/mol. The van der Waals surface area contributed by atoms with Gasteiger partial charge in [0, 0.05) is 13.2 Å². The van der Waals surface area contributed by atoms with E-state index in [1.807, 2.05) is 6.92 Å². The Morgan fingerprint density at radius 2 is 2.28 bits per heavy atom. The Morgan fingerprint density at radius 3 is 2.89 bits per heavy atom. The molecule has 0 spiro atoms. The molecule has 0 heterocycles. The number of carbonyl (C=O) groups is 1. The zero-order chi connectivity index (χ0) is 13.5. The van der Waals surface area contributed by atoms with E-state index in [0.717, 1.165) is 0 Å². The van der Waals surface area contributed by atoms with E-state index in [0.29, 0.717) is 6.61 Å². The van der Waals surface area contributed by atoms with E-state index < -0.39 is 5.82 Å². The van der Waals surface area contributed by atoms with Gasteiger partial charge in [0.15, 0.2) is 0 Å². The Morgan fingerprint density at radius 1 is 1.56 bits per heavy atom. The summed E-state index contributed by atoms with van der Waals surface area (Å²) in [7, 11) is 1.56. The smallest absolute Gasteiger partial charge is 0.239 e. The number of hydrogen-bond acceptors (Lipinski definition) is 3. The van der Waals surface area contributed by atoms with Crippen LogP contribution in [0.15, 0.2) is 18.2 Å². The van der Waals surface area contributed by atoms with Crippen LogP contribution in [0.2, 0.25) is 5.02 Å². The van der Waals surface area contributed by atoms with Crippen LogP contribution in [0.4, 0.5) is 10.1 Å². The number of benzene rings is 1. The van der Waals surface area contributed by atoms with Crippen LogP contribution in [0.1, 0.15) is 6.92 Å². The number of ether oxygens (including phenoxy) is 1. The molecule has 1 amide bonds. The summed E-state index contributed by atoms with van der Waals surface area (Å²) >= 11 is 5.81. The second-order valence-electron chi connectivity index (χ2n) is 3.87. The summed E-state index contributed by atoms with van der Waals surface area (Å²) in [5.74, 6) is -0.737. The van der Waals surface area contributed by atoms with Crippen molar-refractivity contribution in [2.45, 2.75) is 13.0 Å². The lowest BCUT2D eigenvalue weighted by atomic mass is 10.3. The third kappa shape index (κ3) is 4.50. The molecule has 1 aromatic rings. The monoisotopic (exact) mass is 274 g/mol. The number of para-hydroxylation sites is 1. The molecular weight excluding hydrogens is 259 g/mol. The first kappa shape index (κ1) is 14.7. The quantitative estimate of drug-likeness (QED) is 0.835. The topological polar surface area (TPSA) is 50.4 Å². The van der Waals surface area contributed by atoms with Crippen LogP contribution >= 0.6 is 11.6 Å². The van der Waals surface area contributed by atoms with Gasteiger partial charge in [-0.2, -0.15) is 0 Å². The van der Waals surface area contributed by atoms with Crippen molar-refractivity contribution >= 4 is 23.2 Å². The first-order valence-electron chi connectivity index (χ1n) is 5.50. The Kier molecular flexibility index (Phi) is 5.88. The lowest BCUT2D eigenvalue weighted by molar-refractivity contribution is -0.120. The maximum atomic E-state index is 13.4. The molecular formula is C12H16ClFN2O2. The summed E-state index contributed by atoms with van der Waals surface area (Å²) in [6.45, 7) is 2.19. The van der Waals surface area contributed by atoms with Crippen molar-refractivity contribution in [3.63, 3.8) is 0 Å². The Balaban J connectivity index is 2.48. The predicted octanol–water partition coefficient (Wildman–Crippen LogP) is 2.04. The van der Waals surface area contributed by atoms with Gasteiger partial charge in [-0.05, 0) is 19.1 Å². The number of nitrogens with one attached hydrogen (secondary N) is 2. The summed E-state index contributed by atoms with van der Waals surface area (Å²) in [5, 5.41) is 5.61. The third-order valence-corrected chi connectivity index (χ3v) is 2.53. The van der Waals surface area contributed by atoms with Crippen LogP contribution in [-0.2, 0) is 9.53 Å². The van der Waals surface area contributed by atoms with E-state index in [2.05, 4.69) is 10.6 Å². The van der Waals surface area contributed by atoms with Crippen LogP contribution in [0.3, 0.4) is 0 Å². The molecule has 6 heteroatoms. The van der Waals surface area contributed by atoms with Gasteiger partial charge >= 0.3 is 0 Å². The standard InChI is InChI=1S/C12H16ClFN2O2/c1-8(7-18-2)16-11(17)6-15-12-9(13)4-3-5-10(12)14/h3-5,8,15H,6-7H2,1-2H3,(H,16,17). The predicted molar refractivity (Wildman–Crippen MR) is 69.4 cm³/mol. The molecule has 0 aliphatic heterocycles. The van der Waals surface area contributed by atoms with Crippen molar-refractivity contribution in [3.8, 4) is 0 Å². The average Bonchev–Trinajstić information content (AvgIpc) is 2.28. The molecule has 0 aliphatic carbocycles. The molecule has 0 fully saturated rings. The number of rotatable bonds is 6. The van der Waals surface area contributed by atoms with Gasteiger partial charge in [-0.3, -0.25) is 4.79 Å². The molecule has 0 bridgehead atoms. The van der Waals surface area contributed by atoms with Gasteiger partial charge in [-0.25, -0.2) is 4.39 Å². The second kappa shape index (κ2) is 7.18. The highest BCUT2D eigenvalue weighted by atomic mass is 35.5. The number of halogens is 2. The van der Waals surface area contributed by atoms with E-state index >= 15 is 0 Å². The highest BCUT2D eigenvalue weighted by Crippen LogP contribution is 2.24. The lowest BCUT2D eigenvalue weighted by Gasteiger charge is -2.14. The molecule has 0 aliphatic rings. The van der Waals surface area contributed by atoms with E-state index in [1.54, 1.807) is 13.2 Å². The zero-order valence-corrected chi connectivity index (χ0v) is 11.1. The molecule has 100 valence electrons. The van der Waals surface area contributed by atoms with Crippen LogP contribution < -0.4 is 10.6 Å². The first-order valence-corrected chi connectivity index (χ1v) is 5.88. The number of carbonyl (C=O) groups excluding carboxylic acids is 1. The number of hydrogen-bond donors (Lipinski definition) is 2. The molecule has 2 N–H and O–H groups in total. The summed E-state index contributed by atoms with van der Waals surface area (Å²) in [4.78, 5) is 11.5. The van der Waals surface area contributed by atoms with Gasteiger partial charge in [0.2, 0.25) is 5.91 Å². The van der Waals surface area contributed by atoms with E-state index in [1.165, 1.54) is 12.1 Å². The van der Waals surface area contributed by atoms with E-state index in [-0.39, 0.29) is 29.2 Å². The fourth-order valence-corrected chi connectivity index (χ4v) is 1.68. The van der Waals surface area contributed by atoms with E-state index in [4.69, 9.17) is 16.3 Å². The second-order valence-corrected chi connectivity index (χ2v) is 4.28. The van der Waals surface area contributed by atoms with Crippen LogP contribution in [0.25, 0.3) is 0 Å². The summed E-state index contributed by atoms with van der Waals surface area (Å²) in [6.07, 6.45) is 0. The fraction of sp³-hybridized carbons (Fsp3) is 0.417. The van der Waals surface area contributed by atoms with E-state index in [9.17, 15) is 9.18 Å². The molecule has 0 saturated heterocycles. The molecule has 1 rings (SSSR count). The highest BCUT2D eigenvalue weighted by Gasteiger charge is 2.10. The maximum absolute atomic E-state index is 13.4. The summed E-state index contributed by atoms with van der Waals surface area (Å²) < 4.78 is 18.3. The van der Waals surface area contributed by atoms with Crippen LogP contribution in [-0.4, -0.2) is 32.2 Å². The molecule has 1 atom stereocenters. The third-order valence-electron chi connectivity index (χ3n) is 2.21. The molecule has 1 unspecified atom stereocenters. The van der Waals surface area contributed by atoms with Crippen LogP contribution in [0, 0.1) is 5.82 Å². The Bertz CT molecular complexity index is 395. The number of methoxy groups -OCH3 is 1. The molecule has 0 saturated carbocycles. The van der Waals surface area contributed by atoms with Crippen molar-refractivity contribution in [1.82, 2.24) is 5.32 Å². The highest BCUT2D eigenvalue weighted by molar-refractivity contribution is 6.33. The zero-order valence-electron chi connectivity index (χ0n) is 10.3. The molecule has 0 aromatic heterocycles. The minimum Gasteiger partial charge on any atom is -0.383 e. The Hall–Kier alpha value is -1.33. The van der Waals surface area contributed by atoms with Gasteiger partial charge in [0.25, 0.3) is 0 Å². The molecule has 4 nitrogen and oxygen atoms in total. The van der Waals surface area contributed by atoms with Crippen molar-refractivity contribution in [1.29, 1.82) is 0 Å². The number of amides is 1. The fourth-order valence-electron chi connectivity index (χ4n) is 1.45. The maximum Gasteiger partial charge on any atom is 0.239 e. The molecule has 18 heavy (non-hydrogen) atoms. The van der Waals surface area contributed by atoms with Crippen molar-refractivity contribution < 1.29 is 13.9 Å².